The van der Waals surface area contributed by atoms with Gasteiger partial charge in [-0.05, 0) is 19.9 Å². The van der Waals surface area contributed by atoms with Crippen molar-refractivity contribution in [3.05, 3.63) is 28.3 Å². The zero-order chi connectivity index (χ0) is 12.3. The molecule has 0 aliphatic rings. The molecule has 0 aliphatic carbocycles. The predicted molar refractivity (Wildman–Crippen MR) is 62.3 cm³/mol. The van der Waals surface area contributed by atoms with Gasteiger partial charge in [0.25, 0.3) is 5.69 Å². The lowest BCUT2D eigenvalue weighted by Gasteiger charge is -2.24. The first kappa shape index (κ1) is 12.3. The fourth-order valence-electron chi connectivity index (χ4n) is 1.24. The van der Waals surface area contributed by atoms with Crippen molar-refractivity contribution >= 4 is 17.1 Å². The van der Waals surface area contributed by atoms with Crippen LogP contribution in [0.5, 0.6) is 0 Å². The van der Waals surface area contributed by atoms with E-state index >= 15 is 0 Å². The molecule has 16 heavy (non-hydrogen) atoms. The molecule has 0 aliphatic heterocycles. The van der Waals surface area contributed by atoms with Crippen LogP contribution >= 0.6 is 0 Å². The van der Waals surface area contributed by atoms with Crippen molar-refractivity contribution in [2.45, 2.75) is 19.4 Å². The molecule has 6 nitrogen and oxygen atoms in total. The molecule has 1 aromatic carbocycles. The molecular weight excluding hydrogens is 210 g/mol. The van der Waals surface area contributed by atoms with Gasteiger partial charge in [-0.15, -0.1) is 0 Å². The van der Waals surface area contributed by atoms with Gasteiger partial charge in [0.2, 0.25) is 0 Å². The number of anilines is 2. The highest BCUT2D eigenvalue weighted by molar-refractivity contribution is 5.62. The first-order valence-corrected chi connectivity index (χ1v) is 4.78. The third-order valence-electron chi connectivity index (χ3n) is 2.03. The minimum Gasteiger partial charge on any atom is -0.398 e. The van der Waals surface area contributed by atoms with Crippen LogP contribution in [-0.4, -0.2) is 22.2 Å². The van der Waals surface area contributed by atoms with E-state index < -0.39 is 10.5 Å². The van der Waals surface area contributed by atoms with E-state index in [0.717, 1.165) is 0 Å². The number of aliphatic hydroxyl groups excluding tert-OH is 1. The number of aliphatic hydroxyl groups is 1. The minimum absolute atomic E-state index is 0.0729. The van der Waals surface area contributed by atoms with Crippen molar-refractivity contribution in [1.29, 1.82) is 0 Å². The van der Waals surface area contributed by atoms with Gasteiger partial charge >= 0.3 is 0 Å². The Morgan fingerprint density at radius 2 is 2.12 bits per heavy atom. The molecule has 0 spiro atoms. The van der Waals surface area contributed by atoms with E-state index in [9.17, 15) is 10.1 Å². The molecule has 0 unspecified atom stereocenters. The van der Waals surface area contributed by atoms with Crippen molar-refractivity contribution < 1.29 is 10.0 Å². The highest BCUT2D eigenvalue weighted by Gasteiger charge is 2.17. The second kappa shape index (κ2) is 4.36. The normalized spacial score (nSPS) is 11.2. The van der Waals surface area contributed by atoms with E-state index in [1.54, 1.807) is 19.9 Å². The number of nitro benzene ring substituents is 1. The van der Waals surface area contributed by atoms with Crippen LogP contribution in [0.25, 0.3) is 0 Å². The number of nitrogens with zero attached hydrogens (tertiary/aromatic N) is 1. The lowest BCUT2D eigenvalue weighted by atomic mass is 10.1. The van der Waals surface area contributed by atoms with E-state index in [4.69, 9.17) is 10.8 Å². The molecule has 0 fully saturated rings. The number of benzene rings is 1. The summed E-state index contributed by atoms with van der Waals surface area (Å²) in [6.45, 7) is 3.47. The molecular formula is C10H15N3O3. The molecule has 0 saturated carbocycles. The second-order valence-electron chi connectivity index (χ2n) is 4.24. The first-order valence-electron chi connectivity index (χ1n) is 4.78. The van der Waals surface area contributed by atoms with E-state index in [1.165, 1.54) is 12.1 Å². The smallest absolute Gasteiger partial charge is 0.273 e. The highest BCUT2D eigenvalue weighted by Crippen LogP contribution is 2.24. The predicted octanol–water partition coefficient (Wildman–Crippen LogP) is 1.36. The fraction of sp³-hybridized carbons (Fsp3) is 0.400. The largest absolute Gasteiger partial charge is 0.398 e. The van der Waals surface area contributed by atoms with E-state index in [-0.39, 0.29) is 12.3 Å². The summed E-state index contributed by atoms with van der Waals surface area (Å²) in [5.74, 6) is 0. The number of non-ortho nitro benzene ring substituents is 1. The molecule has 1 rings (SSSR count). The maximum Gasteiger partial charge on any atom is 0.273 e. The Kier molecular flexibility index (Phi) is 3.34. The summed E-state index contributed by atoms with van der Waals surface area (Å²) >= 11 is 0. The summed E-state index contributed by atoms with van der Waals surface area (Å²) in [5.41, 5.74) is 5.75. The number of nitrogens with one attached hydrogen (secondary N) is 1. The molecule has 6 heteroatoms. The molecule has 0 saturated heterocycles. The Labute approximate surface area is 93.2 Å². The Morgan fingerprint density at radius 1 is 1.50 bits per heavy atom. The van der Waals surface area contributed by atoms with Crippen molar-refractivity contribution in [2.24, 2.45) is 0 Å². The van der Waals surface area contributed by atoms with Gasteiger partial charge in [-0.25, -0.2) is 0 Å². The number of hydrogen-bond donors (Lipinski definition) is 3. The van der Waals surface area contributed by atoms with Gasteiger partial charge in [0.15, 0.2) is 0 Å². The standard InChI is InChI=1S/C10H15N3O3/c1-10(2,6-14)12-8-3-7(11)4-9(5-8)13(15)16/h3-5,12,14H,6,11H2,1-2H3. The Morgan fingerprint density at radius 3 is 2.62 bits per heavy atom. The van der Waals surface area contributed by atoms with Crippen LogP contribution in [0.2, 0.25) is 0 Å². The highest BCUT2D eigenvalue weighted by atomic mass is 16.6. The molecule has 0 bridgehead atoms. The van der Waals surface area contributed by atoms with Gasteiger partial charge < -0.3 is 16.2 Å². The lowest BCUT2D eigenvalue weighted by Crippen LogP contribution is -2.34. The number of rotatable bonds is 4. The van der Waals surface area contributed by atoms with Crippen molar-refractivity contribution in [2.75, 3.05) is 17.7 Å². The van der Waals surface area contributed by atoms with E-state index in [0.29, 0.717) is 11.4 Å². The average molecular weight is 225 g/mol. The number of nitrogens with two attached hydrogens (primary N) is 1. The molecule has 0 heterocycles. The molecule has 0 aromatic heterocycles. The summed E-state index contributed by atoms with van der Waals surface area (Å²) in [4.78, 5) is 10.1. The molecule has 4 N–H and O–H groups in total. The third kappa shape index (κ3) is 3.09. The lowest BCUT2D eigenvalue weighted by molar-refractivity contribution is -0.384. The molecule has 0 atom stereocenters. The second-order valence-corrected chi connectivity index (χ2v) is 4.24. The molecule has 1 aromatic rings. The summed E-state index contributed by atoms with van der Waals surface area (Å²) in [6, 6.07) is 4.26. The Balaban J connectivity index is 3.01. The topological polar surface area (TPSA) is 101 Å². The van der Waals surface area contributed by atoms with Crippen LogP contribution in [0.3, 0.4) is 0 Å². The van der Waals surface area contributed by atoms with Crippen molar-refractivity contribution in [1.82, 2.24) is 0 Å². The molecule has 88 valence electrons. The van der Waals surface area contributed by atoms with Gasteiger partial charge in [0.05, 0.1) is 17.1 Å². The van der Waals surface area contributed by atoms with E-state index in [1.807, 2.05) is 0 Å². The molecule has 0 amide bonds. The third-order valence-corrected chi connectivity index (χ3v) is 2.03. The summed E-state index contributed by atoms with van der Waals surface area (Å²) in [6.07, 6.45) is 0. The van der Waals surface area contributed by atoms with Crippen LogP contribution in [0.1, 0.15) is 13.8 Å². The van der Waals surface area contributed by atoms with Gasteiger partial charge in [0.1, 0.15) is 0 Å². The quantitative estimate of drug-likeness (QED) is 0.408. The van der Waals surface area contributed by atoms with Gasteiger partial charge in [-0.3, -0.25) is 10.1 Å². The SMILES string of the molecule is CC(C)(CO)Nc1cc(N)cc([N+](=O)[O-])c1. The summed E-state index contributed by atoms with van der Waals surface area (Å²) in [7, 11) is 0. The maximum absolute atomic E-state index is 10.6. The van der Waals surface area contributed by atoms with Gasteiger partial charge in [0, 0.05) is 23.5 Å². The zero-order valence-electron chi connectivity index (χ0n) is 9.23. The first-order chi connectivity index (χ1) is 7.34. The zero-order valence-corrected chi connectivity index (χ0v) is 9.23. The van der Waals surface area contributed by atoms with Crippen LogP contribution < -0.4 is 11.1 Å². The Hall–Kier alpha value is -1.82. The number of hydrogen-bond acceptors (Lipinski definition) is 5. The van der Waals surface area contributed by atoms with Gasteiger partial charge in [-0.1, -0.05) is 0 Å². The number of nitrogen functional groups attached to an aromatic ring is 1. The average Bonchev–Trinajstić information content (AvgIpc) is 2.16. The number of nitro groups is 1. The van der Waals surface area contributed by atoms with Crippen LogP contribution in [0.4, 0.5) is 17.1 Å². The van der Waals surface area contributed by atoms with Crippen molar-refractivity contribution in [3.63, 3.8) is 0 Å². The maximum atomic E-state index is 10.6. The monoisotopic (exact) mass is 225 g/mol. The van der Waals surface area contributed by atoms with E-state index in [2.05, 4.69) is 5.32 Å². The summed E-state index contributed by atoms with van der Waals surface area (Å²) in [5, 5.41) is 22.7. The van der Waals surface area contributed by atoms with Crippen LogP contribution in [-0.2, 0) is 0 Å². The van der Waals surface area contributed by atoms with Gasteiger partial charge in [-0.2, -0.15) is 0 Å². The fourth-order valence-corrected chi connectivity index (χ4v) is 1.24. The Bertz CT molecular complexity index is 404. The molecule has 0 radical (unpaired) electrons. The van der Waals surface area contributed by atoms with Crippen LogP contribution in [0.15, 0.2) is 18.2 Å². The summed E-state index contributed by atoms with van der Waals surface area (Å²) < 4.78 is 0. The van der Waals surface area contributed by atoms with Crippen molar-refractivity contribution in [3.8, 4) is 0 Å². The van der Waals surface area contributed by atoms with Crippen LogP contribution in [0, 0.1) is 10.1 Å². The minimum atomic E-state index is -0.554.